The molecule has 0 aliphatic carbocycles. The molecule has 47 heavy (non-hydrogen) atoms. The topological polar surface area (TPSA) is 129 Å². The zero-order chi connectivity index (χ0) is 33.9. The highest BCUT2D eigenvalue weighted by molar-refractivity contribution is 6.33. The molecule has 0 radical (unpaired) electrons. The third kappa shape index (κ3) is 6.35. The molecule has 1 N–H and O–H groups in total. The maximum atomic E-state index is 14.2. The van der Waals surface area contributed by atoms with Gasteiger partial charge in [0.25, 0.3) is 5.56 Å². The predicted molar refractivity (Wildman–Crippen MR) is 164 cm³/mol. The maximum absolute atomic E-state index is 14.2. The molecule has 0 unspecified atom stereocenters. The maximum Gasteiger partial charge on any atom is 0.416 e. The van der Waals surface area contributed by atoms with E-state index >= 15 is 0 Å². The summed E-state index contributed by atoms with van der Waals surface area (Å²) in [6, 6.07) is 2.29. The van der Waals surface area contributed by atoms with Crippen molar-refractivity contribution in [3.8, 4) is 0 Å². The molecule has 6 rings (SSSR count). The number of amides is 2. The molecule has 2 amide bonds. The number of alkyl halides is 3. The van der Waals surface area contributed by atoms with Crippen LogP contribution in [0.2, 0.25) is 5.02 Å². The van der Waals surface area contributed by atoms with Gasteiger partial charge in [-0.15, -0.1) is 5.10 Å². The number of halogens is 4. The van der Waals surface area contributed by atoms with E-state index < -0.39 is 40.5 Å². The monoisotopic (exact) mass is 678 g/mol. The van der Waals surface area contributed by atoms with Crippen molar-refractivity contribution in [2.75, 3.05) is 25.1 Å². The highest BCUT2D eigenvalue weighted by Crippen LogP contribution is 2.45. The second-order valence-corrected chi connectivity index (χ2v) is 13.3. The molecule has 3 aromatic rings. The lowest BCUT2D eigenvalue weighted by Crippen LogP contribution is -2.52. The molecule has 3 aliphatic rings. The molecule has 2 atom stereocenters. The molecule has 1 saturated heterocycles. The van der Waals surface area contributed by atoms with Gasteiger partial charge in [-0.05, 0) is 64.3 Å². The van der Waals surface area contributed by atoms with Crippen LogP contribution >= 0.6 is 11.6 Å². The Morgan fingerprint density at radius 2 is 2.00 bits per heavy atom. The summed E-state index contributed by atoms with van der Waals surface area (Å²) >= 11 is 6.10. The van der Waals surface area contributed by atoms with Crippen molar-refractivity contribution >= 4 is 40.6 Å². The fraction of sp³-hybridized carbons (Fsp3) is 0.516. The molecule has 3 aliphatic heterocycles. The van der Waals surface area contributed by atoms with Crippen molar-refractivity contribution in [3.05, 3.63) is 62.3 Å². The minimum atomic E-state index is -4.60. The van der Waals surface area contributed by atoms with Gasteiger partial charge >= 0.3 is 12.3 Å². The van der Waals surface area contributed by atoms with Crippen molar-refractivity contribution in [1.29, 1.82) is 0 Å². The van der Waals surface area contributed by atoms with Crippen LogP contribution in [0.4, 0.5) is 23.7 Å². The number of benzene rings is 1. The van der Waals surface area contributed by atoms with E-state index in [2.05, 4.69) is 15.4 Å². The average molecular weight is 679 g/mol. The van der Waals surface area contributed by atoms with Gasteiger partial charge in [0.05, 0.1) is 47.4 Å². The zero-order valence-electron chi connectivity index (χ0n) is 26.2. The van der Waals surface area contributed by atoms with E-state index in [0.717, 1.165) is 28.3 Å². The first-order valence-electron chi connectivity index (χ1n) is 15.2. The number of likely N-dealkylation sites (tertiary alicyclic amines) is 1. The molecule has 2 aromatic heterocycles. The van der Waals surface area contributed by atoms with Crippen LogP contribution in [0, 0.1) is 0 Å². The lowest BCUT2D eigenvalue weighted by atomic mass is 9.82. The minimum Gasteiger partial charge on any atom is -0.444 e. The number of piperidine rings is 1. The number of ether oxygens (including phenoxy) is 3. The van der Waals surface area contributed by atoms with Crippen molar-refractivity contribution in [2.24, 2.45) is 0 Å². The van der Waals surface area contributed by atoms with Crippen LogP contribution in [0.15, 0.2) is 29.1 Å². The predicted octanol–water partition coefficient (Wildman–Crippen LogP) is 5.15. The van der Waals surface area contributed by atoms with Crippen molar-refractivity contribution < 1.29 is 37.0 Å². The van der Waals surface area contributed by atoms with E-state index in [4.69, 9.17) is 25.8 Å². The van der Waals surface area contributed by atoms with Gasteiger partial charge in [-0.2, -0.15) is 22.7 Å². The normalized spacial score (nSPS) is 21.6. The second kappa shape index (κ2) is 11.9. The van der Waals surface area contributed by atoms with Gasteiger partial charge in [-0.3, -0.25) is 9.59 Å². The summed E-state index contributed by atoms with van der Waals surface area (Å²) in [5.74, 6) is -0.204. The number of rotatable bonds is 4. The highest BCUT2D eigenvalue weighted by atomic mass is 35.5. The largest absolute Gasteiger partial charge is 0.444 e. The minimum absolute atomic E-state index is 0.0102. The van der Waals surface area contributed by atoms with Gasteiger partial charge in [0.15, 0.2) is 5.82 Å². The third-order valence-electron chi connectivity index (χ3n) is 8.46. The van der Waals surface area contributed by atoms with E-state index in [0.29, 0.717) is 43.1 Å². The summed E-state index contributed by atoms with van der Waals surface area (Å²) in [6.45, 7) is 7.91. The Labute approximate surface area is 272 Å². The number of anilines is 1. The van der Waals surface area contributed by atoms with Crippen molar-refractivity contribution in [2.45, 2.75) is 83.5 Å². The van der Waals surface area contributed by atoms with Gasteiger partial charge in [-0.1, -0.05) is 17.7 Å². The number of hydrogen-bond acceptors (Lipinski definition) is 8. The van der Waals surface area contributed by atoms with Crippen LogP contribution in [0.3, 0.4) is 0 Å². The number of carbonyl (C=O) groups excluding carboxylic acids is 2. The average Bonchev–Trinajstić information content (AvgIpc) is 3.59. The highest BCUT2D eigenvalue weighted by Gasteiger charge is 2.50. The Kier molecular flexibility index (Phi) is 8.37. The second-order valence-electron chi connectivity index (χ2n) is 12.9. The van der Waals surface area contributed by atoms with E-state index in [9.17, 15) is 27.6 Å². The van der Waals surface area contributed by atoms with Gasteiger partial charge in [0.2, 0.25) is 11.7 Å². The Morgan fingerprint density at radius 3 is 2.64 bits per heavy atom. The number of nitrogens with one attached hydrogen (secondary N) is 1. The number of fused-ring (bicyclic) bond motifs is 3. The lowest BCUT2D eigenvalue weighted by molar-refractivity contribution is -0.137. The standard InChI is InChI=1S/C31H34ClF3N6O6/c1-17-14-30(9-10-39(17)28(44)47-29(2,3)4)24-22(16-46-30)40(15-23(42)36-21-6-5-19(13-20(21)32)31(33,34)35)27-37-25(38-41(27)26(24)43)18-7-11-45-12-8-18/h5-7,13,17H,8-12,14-16H2,1-4H3,(H,36,42)/t17-,30-/m0/s1. The van der Waals surface area contributed by atoms with E-state index in [1.165, 1.54) is 0 Å². The van der Waals surface area contributed by atoms with Crippen LogP contribution in [0.5, 0.6) is 0 Å². The molecule has 1 aromatic carbocycles. The number of nitrogens with zero attached hydrogens (tertiary/aromatic N) is 5. The molecule has 16 heteroatoms. The number of hydrogen-bond donors (Lipinski definition) is 1. The summed E-state index contributed by atoms with van der Waals surface area (Å²) in [4.78, 5) is 46.8. The molecule has 0 bridgehead atoms. The van der Waals surface area contributed by atoms with Crippen LogP contribution < -0.4 is 10.9 Å². The van der Waals surface area contributed by atoms with Crippen LogP contribution in [0.25, 0.3) is 11.4 Å². The summed E-state index contributed by atoms with van der Waals surface area (Å²) in [6.07, 6.45) is -2.12. The molecule has 1 fully saturated rings. The van der Waals surface area contributed by atoms with Crippen molar-refractivity contribution in [3.63, 3.8) is 0 Å². The van der Waals surface area contributed by atoms with Gasteiger partial charge in [-0.25, -0.2) is 4.79 Å². The number of carbonyl (C=O) groups is 2. The quantitative estimate of drug-likeness (QED) is 0.401. The smallest absolute Gasteiger partial charge is 0.416 e. The molecule has 252 valence electrons. The summed E-state index contributed by atoms with van der Waals surface area (Å²) < 4.78 is 59.5. The fourth-order valence-corrected chi connectivity index (χ4v) is 6.53. The van der Waals surface area contributed by atoms with Gasteiger partial charge in [0.1, 0.15) is 17.7 Å². The molecule has 5 heterocycles. The Hall–Kier alpha value is -3.95. The van der Waals surface area contributed by atoms with Crippen LogP contribution in [-0.2, 0) is 43.9 Å². The first kappa shape index (κ1) is 33.0. The SMILES string of the molecule is C[C@H]1C[C@]2(CCN1C(=O)OC(C)(C)C)OCc1c2c(=O)n2nc(C3=CCOCC3)nc2n1CC(=O)Nc1ccc(C(F)(F)F)cc1Cl. The fourth-order valence-electron chi connectivity index (χ4n) is 6.31. The molecular formula is C31H34ClF3N6O6. The summed E-state index contributed by atoms with van der Waals surface area (Å²) in [5, 5.41) is 6.83. The number of aromatic nitrogens is 4. The first-order valence-corrected chi connectivity index (χ1v) is 15.5. The van der Waals surface area contributed by atoms with E-state index in [1.54, 1.807) is 30.2 Å². The molecule has 12 nitrogen and oxygen atoms in total. The Morgan fingerprint density at radius 1 is 1.23 bits per heavy atom. The van der Waals surface area contributed by atoms with Crippen LogP contribution in [-0.4, -0.2) is 67.5 Å². The summed E-state index contributed by atoms with van der Waals surface area (Å²) in [5.41, 5.74) is -1.63. The Bertz CT molecular complexity index is 1850. The van der Waals surface area contributed by atoms with Crippen molar-refractivity contribution in [1.82, 2.24) is 24.1 Å². The summed E-state index contributed by atoms with van der Waals surface area (Å²) in [7, 11) is 0. The zero-order valence-corrected chi connectivity index (χ0v) is 27.0. The Balaban J connectivity index is 1.38. The first-order chi connectivity index (χ1) is 22.1. The van der Waals surface area contributed by atoms with E-state index in [-0.39, 0.29) is 48.6 Å². The van der Waals surface area contributed by atoms with Gasteiger partial charge in [0, 0.05) is 19.0 Å². The van der Waals surface area contributed by atoms with Gasteiger partial charge < -0.3 is 29.0 Å². The molecular weight excluding hydrogens is 645 g/mol. The van der Waals surface area contributed by atoms with Crippen LogP contribution in [0.1, 0.15) is 69.6 Å². The third-order valence-corrected chi connectivity index (χ3v) is 8.77. The molecule has 0 saturated carbocycles. The lowest BCUT2D eigenvalue weighted by Gasteiger charge is -2.43. The van der Waals surface area contributed by atoms with E-state index in [1.807, 2.05) is 13.0 Å². The molecule has 1 spiro atoms.